The number of pyridine rings is 1. The van der Waals surface area contributed by atoms with Crippen molar-refractivity contribution in [2.24, 2.45) is 4.99 Å². The van der Waals surface area contributed by atoms with E-state index in [9.17, 15) is 0 Å². The van der Waals surface area contributed by atoms with Crippen LogP contribution in [0, 0.1) is 0 Å². The maximum atomic E-state index is 4.48. The van der Waals surface area contributed by atoms with E-state index in [0.29, 0.717) is 6.04 Å². The molecule has 1 aromatic rings. The van der Waals surface area contributed by atoms with Crippen molar-refractivity contribution in [2.45, 2.75) is 32.2 Å². The lowest BCUT2D eigenvalue weighted by atomic mass is 10.1. The summed E-state index contributed by atoms with van der Waals surface area (Å²) in [6, 6.07) is 4.36. The van der Waals surface area contributed by atoms with Crippen LogP contribution in [0.2, 0.25) is 0 Å². The van der Waals surface area contributed by atoms with Crippen LogP contribution >= 0.6 is 0 Å². The van der Waals surface area contributed by atoms with E-state index in [4.69, 9.17) is 0 Å². The van der Waals surface area contributed by atoms with Crippen LogP contribution in [0.4, 0.5) is 0 Å². The number of aliphatic imine (C=N–C) groups is 1. The van der Waals surface area contributed by atoms with Gasteiger partial charge in [0.15, 0.2) is 0 Å². The molecule has 3 nitrogen and oxygen atoms in total. The highest BCUT2D eigenvalue weighted by atomic mass is 15.0. The van der Waals surface area contributed by atoms with Gasteiger partial charge in [0.05, 0.1) is 11.9 Å². The summed E-state index contributed by atoms with van der Waals surface area (Å²) in [6.07, 6.45) is 7.28. The molecular weight excluding hydrogens is 186 g/mol. The van der Waals surface area contributed by atoms with Crippen molar-refractivity contribution in [1.82, 2.24) is 10.3 Å². The summed E-state index contributed by atoms with van der Waals surface area (Å²) in [6.45, 7) is 3.12. The molecule has 0 saturated heterocycles. The molecule has 1 aliphatic rings. The first kappa shape index (κ1) is 10.1. The average Bonchev–Trinajstić information content (AvgIpc) is 2.31. The standard InChI is InChI=1S/C12H17N3/c1-10(11-5-4-7-13-9-11)15-12-6-2-3-8-14-12/h4-5,7,9-10H,2-3,6,8H2,1H3,(H,14,15). The Hall–Kier alpha value is -1.38. The Morgan fingerprint density at radius 2 is 2.33 bits per heavy atom. The number of aromatic nitrogens is 1. The summed E-state index contributed by atoms with van der Waals surface area (Å²) < 4.78 is 0. The van der Waals surface area contributed by atoms with Crippen LogP contribution in [0.25, 0.3) is 0 Å². The van der Waals surface area contributed by atoms with Gasteiger partial charge in [-0.2, -0.15) is 0 Å². The molecular formula is C12H17N3. The number of amidine groups is 1. The first-order chi connectivity index (χ1) is 7.36. The van der Waals surface area contributed by atoms with Crippen LogP contribution in [0.3, 0.4) is 0 Å². The Morgan fingerprint density at radius 1 is 1.40 bits per heavy atom. The third-order valence-electron chi connectivity index (χ3n) is 2.69. The van der Waals surface area contributed by atoms with E-state index < -0.39 is 0 Å². The van der Waals surface area contributed by atoms with E-state index >= 15 is 0 Å². The monoisotopic (exact) mass is 203 g/mol. The van der Waals surface area contributed by atoms with Gasteiger partial charge in [-0.05, 0) is 31.4 Å². The van der Waals surface area contributed by atoms with Gasteiger partial charge in [0.25, 0.3) is 0 Å². The Balaban J connectivity index is 1.97. The predicted molar refractivity (Wildman–Crippen MR) is 61.9 cm³/mol. The zero-order valence-corrected chi connectivity index (χ0v) is 9.11. The third kappa shape index (κ3) is 2.78. The SMILES string of the molecule is CC(NC1=NCCCC1)c1cccnc1. The highest BCUT2D eigenvalue weighted by Crippen LogP contribution is 2.12. The predicted octanol–water partition coefficient (Wildman–Crippen LogP) is 2.31. The highest BCUT2D eigenvalue weighted by Gasteiger charge is 2.09. The van der Waals surface area contributed by atoms with Crippen LogP contribution in [0.15, 0.2) is 29.5 Å². The average molecular weight is 203 g/mol. The molecule has 0 bridgehead atoms. The van der Waals surface area contributed by atoms with E-state index in [1.54, 1.807) is 6.20 Å². The summed E-state index contributed by atoms with van der Waals surface area (Å²) in [5.74, 6) is 1.15. The molecule has 1 aliphatic heterocycles. The Morgan fingerprint density at radius 3 is 3.00 bits per heavy atom. The summed E-state index contributed by atoms with van der Waals surface area (Å²) in [4.78, 5) is 8.60. The minimum Gasteiger partial charge on any atom is -0.367 e. The van der Waals surface area contributed by atoms with Gasteiger partial charge in [-0.3, -0.25) is 9.98 Å². The fourth-order valence-electron chi connectivity index (χ4n) is 1.78. The van der Waals surface area contributed by atoms with Crippen molar-refractivity contribution in [2.75, 3.05) is 6.54 Å². The van der Waals surface area contributed by atoms with Crippen molar-refractivity contribution in [3.8, 4) is 0 Å². The summed E-state index contributed by atoms with van der Waals surface area (Å²) in [7, 11) is 0. The molecule has 1 unspecified atom stereocenters. The van der Waals surface area contributed by atoms with Crippen LogP contribution in [-0.2, 0) is 0 Å². The van der Waals surface area contributed by atoms with Gasteiger partial charge in [0.2, 0.25) is 0 Å². The van der Waals surface area contributed by atoms with Crippen LogP contribution in [0.1, 0.15) is 37.8 Å². The lowest BCUT2D eigenvalue weighted by molar-refractivity contribution is 0.655. The smallest absolute Gasteiger partial charge is 0.0967 e. The molecule has 15 heavy (non-hydrogen) atoms. The molecule has 1 atom stereocenters. The normalized spacial score (nSPS) is 18.1. The molecule has 0 fully saturated rings. The van der Waals surface area contributed by atoms with E-state index in [2.05, 4.69) is 28.3 Å². The molecule has 0 saturated carbocycles. The number of rotatable bonds is 2. The van der Waals surface area contributed by atoms with E-state index in [0.717, 1.165) is 18.8 Å². The highest BCUT2D eigenvalue weighted by molar-refractivity contribution is 5.83. The number of hydrogen-bond donors (Lipinski definition) is 1. The van der Waals surface area contributed by atoms with Gasteiger partial charge in [-0.1, -0.05) is 6.07 Å². The molecule has 0 radical (unpaired) electrons. The number of hydrogen-bond acceptors (Lipinski definition) is 3. The lowest BCUT2D eigenvalue weighted by Crippen LogP contribution is -2.28. The van der Waals surface area contributed by atoms with Crippen molar-refractivity contribution in [1.29, 1.82) is 0 Å². The molecule has 2 heterocycles. The fraction of sp³-hybridized carbons (Fsp3) is 0.500. The largest absolute Gasteiger partial charge is 0.367 e. The molecule has 1 N–H and O–H groups in total. The molecule has 0 spiro atoms. The van der Waals surface area contributed by atoms with Gasteiger partial charge in [-0.25, -0.2) is 0 Å². The van der Waals surface area contributed by atoms with Gasteiger partial charge < -0.3 is 5.32 Å². The molecule has 1 aromatic heterocycles. The minimum atomic E-state index is 0.301. The second-order valence-electron chi connectivity index (χ2n) is 3.94. The molecule has 0 aromatic carbocycles. The van der Waals surface area contributed by atoms with Crippen molar-refractivity contribution in [3.63, 3.8) is 0 Å². The molecule has 2 rings (SSSR count). The fourth-order valence-corrected chi connectivity index (χ4v) is 1.78. The molecule has 0 aliphatic carbocycles. The van der Waals surface area contributed by atoms with E-state index in [1.165, 1.54) is 18.4 Å². The lowest BCUT2D eigenvalue weighted by Gasteiger charge is -2.19. The Bertz CT molecular complexity index is 332. The van der Waals surface area contributed by atoms with Crippen molar-refractivity contribution >= 4 is 5.84 Å². The first-order valence-electron chi connectivity index (χ1n) is 5.56. The molecule has 3 heteroatoms. The number of nitrogens with one attached hydrogen (secondary N) is 1. The van der Waals surface area contributed by atoms with Gasteiger partial charge >= 0.3 is 0 Å². The Kier molecular flexibility index (Phi) is 3.33. The Labute approximate surface area is 90.6 Å². The first-order valence-corrected chi connectivity index (χ1v) is 5.56. The summed E-state index contributed by atoms with van der Waals surface area (Å²) in [5, 5.41) is 3.45. The van der Waals surface area contributed by atoms with Gasteiger partial charge in [0.1, 0.15) is 0 Å². The zero-order chi connectivity index (χ0) is 10.5. The van der Waals surface area contributed by atoms with Gasteiger partial charge in [-0.15, -0.1) is 0 Å². The zero-order valence-electron chi connectivity index (χ0n) is 9.11. The van der Waals surface area contributed by atoms with Crippen LogP contribution in [0.5, 0.6) is 0 Å². The maximum Gasteiger partial charge on any atom is 0.0967 e. The van der Waals surface area contributed by atoms with Crippen molar-refractivity contribution < 1.29 is 0 Å². The second-order valence-corrected chi connectivity index (χ2v) is 3.94. The topological polar surface area (TPSA) is 37.3 Å². The number of nitrogens with zero attached hydrogens (tertiary/aromatic N) is 2. The van der Waals surface area contributed by atoms with Crippen molar-refractivity contribution in [3.05, 3.63) is 30.1 Å². The molecule has 80 valence electrons. The quantitative estimate of drug-likeness (QED) is 0.801. The summed E-state index contributed by atoms with van der Waals surface area (Å²) in [5.41, 5.74) is 1.21. The minimum absolute atomic E-state index is 0.301. The van der Waals surface area contributed by atoms with E-state index in [-0.39, 0.29) is 0 Å². The van der Waals surface area contributed by atoms with Crippen LogP contribution in [-0.4, -0.2) is 17.4 Å². The summed E-state index contributed by atoms with van der Waals surface area (Å²) >= 11 is 0. The second kappa shape index (κ2) is 4.91. The third-order valence-corrected chi connectivity index (χ3v) is 2.69. The van der Waals surface area contributed by atoms with Gasteiger partial charge in [0, 0.05) is 25.4 Å². The van der Waals surface area contributed by atoms with Crippen LogP contribution < -0.4 is 5.32 Å². The molecule has 0 amide bonds. The van der Waals surface area contributed by atoms with E-state index in [1.807, 2.05) is 12.3 Å². The maximum absolute atomic E-state index is 4.48.